The zero-order chi connectivity index (χ0) is 10.8. The van der Waals surface area contributed by atoms with Gasteiger partial charge < -0.3 is 15.0 Å². The van der Waals surface area contributed by atoms with Gasteiger partial charge in [0.15, 0.2) is 5.79 Å². The average molecular weight is 198 g/mol. The highest BCUT2D eigenvalue weighted by molar-refractivity contribution is 6.27. The van der Waals surface area contributed by atoms with Crippen molar-refractivity contribution in [1.29, 1.82) is 0 Å². The number of nitrogens with zero attached hydrogens (tertiary/aromatic N) is 2. The third kappa shape index (κ3) is 1.62. The first-order valence-electron chi connectivity index (χ1n) is 4.44. The molecule has 5 nitrogen and oxygen atoms in total. The standard InChI is InChI=1S/C9H14N2O3/c1-8(2,7(12)6-11-10)9(3)13-4-5-14-9/h6H,4-5H2,1-3H3. The van der Waals surface area contributed by atoms with Crippen molar-refractivity contribution < 1.29 is 19.1 Å². The predicted molar refractivity (Wildman–Crippen MR) is 48.8 cm³/mol. The van der Waals surface area contributed by atoms with Crippen LogP contribution in [0.4, 0.5) is 0 Å². The summed E-state index contributed by atoms with van der Waals surface area (Å²) in [6.07, 6.45) is 0.871. The van der Waals surface area contributed by atoms with Gasteiger partial charge in [0.1, 0.15) is 0 Å². The van der Waals surface area contributed by atoms with E-state index < -0.39 is 11.2 Å². The van der Waals surface area contributed by atoms with Crippen LogP contribution < -0.4 is 0 Å². The summed E-state index contributed by atoms with van der Waals surface area (Å²) in [5.74, 6) is -1.27. The molecule has 1 heterocycles. The molecule has 0 bridgehead atoms. The number of rotatable bonds is 3. The average Bonchev–Trinajstić information content (AvgIpc) is 2.54. The number of carbonyl (C=O) groups excluding carboxylic acids is 1. The molecule has 5 heteroatoms. The van der Waals surface area contributed by atoms with Crippen LogP contribution in [0.15, 0.2) is 0 Å². The lowest BCUT2D eigenvalue weighted by molar-refractivity contribution is -0.210. The second-order valence-corrected chi connectivity index (χ2v) is 3.88. The van der Waals surface area contributed by atoms with Crippen molar-refractivity contribution in [3.63, 3.8) is 0 Å². The van der Waals surface area contributed by atoms with Gasteiger partial charge in [0.2, 0.25) is 5.78 Å². The van der Waals surface area contributed by atoms with Gasteiger partial charge in [-0.25, -0.2) is 0 Å². The number of Topliss-reactive ketones (excluding diaryl/α,β-unsaturated/α-hetero) is 1. The van der Waals surface area contributed by atoms with E-state index in [1.165, 1.54) is 0 Å². The van der Waals surface area contributed by atoms with Crippen molar-refractivity contribution in [2.24, 2.45) is 5.41 Å². The van der Waals surface area contributed by atoms with Crippen molar-refractivity contribution >= 4 is 12.0 Å². The molecule has 1 aliphatic heterocycles. The van der Waals surface area contributed by atoms with Gasteiger partial charge in [0.05, 0.1) is 18.6 Å². The summed E-state index contributed by atoms with van der Waals surface area (Å²) >= 11 is 0. The second-order valence-electron chi connectivity index (χ2n) is 3.88. The van der Waals surface area contributed by atoms with Crippen LogP contribution in [0.5, 0.6) is 0 Å². The summed E-state index contributed by atoms with van der Waals surface area (Å²) in [4.78, 5) is 14.3. The molecule has 1 aliphatic rings. The lowest BCUT2D eigenvalue weighted by Gasteiger charge is -2.35. The van der Waals surface area contributed by atoms with Crippen molar-refractivity contribution in [2.75, 3.05) is 13.2 Å². The highest BCUT2D eigenvalue weighted by atomic mass is 16.7. The quantitative estimate of drug-likeness (QED) is 0.379. The number of ketones is 1. The van der Waals surface area contributed by atoms with Crippen LogP contribution in [0.1, 0.15) is 20.8 Å². The van der Waals surface area contributed by atoms with Crippen LogP contribution >= 0.6 is 0 Å². The third-order valence-corrected chi connectivity index (χ3v) is 2.76. The van der Waals surface area contributed by atoms with Gasteiger partial charge in [-0.3, -0.25) is 4.79 Å². The minimum Gasteiger partial charge on any atom is -0.361 e. The van der Waals surface area contributed by atoms with Crippen molar-refractivity contribution in [1.82, 2.24) is 0 Å². The number of carbonyl (C=O) groups is 1. The Balaban J connectivity index is 2.92. The zero-order valence-corrected chi connectivity index (χ0v) is 8.61. The Morgan fingerprint density at radius 3 is 2.43 bits per heavy atom. The molecule has 0 aliphatic carbocycles. The van der Waals surface area contributed by atoms with E-state index in [0.29, 0.717) is 13.2 Å². The van der Waals surface area contributed by atoms with Crippen LogP contribution in [0.25, 0.3) is 5.53 Å². The van der Waals surface area contributed by atoms with Crippen LogP contribution in [0, 0.1) is 5.41 Å². The molecule has 0 saturated carbocycles. The van der Waals surface area contributed by atoms with E-state index in [-0.39, 0.29) is 5.78 Å². The fourth-order valence-corrected chi connectivity index (χ4v) is 1.31. The van der Waals surface area contributed by atoms with Gasteiger partial charge >= 0.3 is 6.21 Å². The van der Waals surface area contributed by atoms with Crippen LogP contribution in [-0.4, -0.2) is 35.8 Å². The maximum absolute atomic E-state index is 11.6. The Morgan fingerprint density at radius 1 is 1.50 bits per heavy atom. The molecule has 0 atom stereocenters. The van der Waals surface area contributed by atoms with Gasteiger partial charge in [-0.1, -0.05) is 0 Å². The van der Waals surface area contributed by atoms with Gasteiger partial charge in [0.25, 0.3) is 0 Å². The van der Waals surface area contributed by atoms with Gasteiger partial charge in [0, 0.05) is 0 Å². The highest BCUT2D eigenvalue weighted by Crippen LogP contribution is 2.38. The number of hydrogen-bond acceptors (Lipinski definition) is 3. The van der Waals surface area contributed by atoms with Gasteiger partial charge in [-0.15, -0.1) is 0 Å². The fraction of sp³-hybridized carbons (Fsp3) is 0.778. The highest BCUT2D eigenvalue weighted by Gasteiger charge is 2.51. The maximum Gasteiger partial charge on any atom is 0.323 e. The molecule has 0 aromatic carbocycles. The van der Waals surface area contributed by atoms with E-state index in [4.69, 9.17) is 15.0 Å². The largest absolute Gasteiger partial charge is 0.361 e. The summed E-state index contributed by atoms with van der Waals surface area (Å²) in [7, 11) is 0. The van der Waals surface area contributed by atoms with Crippen molar-refractivity contribution in [3.8, 4) is 0 Å². The zero-order valence-electron chi connectivity index (χ0n) is 8.61. The molecule has 78 valence electrons. The maximum atomic E-state index is 11.6. The van der Waals surface area contributed by atoms with Crippen LogP contribution in [0.2, 0.25) is 0 Å². The second kappa shape index (κ2) is 3.61. The molecule has 1 rings (SSSR count). The summed E-state index contributed by atoms with van der Waals surface area (Å²) in [5.41, 5.74) is 7.43. The Bertz CT molecular complexity index is 286. The molecule has 0 aromatic heterocycles. The summed E-state index contributed by atoms with van der Waals surface area (Å²) in [6.45, 7) is 6.06. The molecule has 0 radical (unpaired) electrons. The predicted octanol–water partition coefficient (Wildman–Crippen LogP) is 0.645. The minimum atomic E-state index is -0.939. The lowest BCUT2D eigenvalue weighted by atomic mass is 9.80. The first kappa shape index (κ1) is 11.0. The first-order chi connectivity index (χ1) is 6.44. The number of hydrogen-bond donors (Lipinski definition) is 0. The third-order valence-electron chi connectivity index (χ3n) is 2.76. The van der Waals surface area contributed by atoms with Crippen LogP contribution in [0.3, 0.4) is 0 Å². The van der Waals surface area contributed by atoms with Crippen molar-refractivity contribution in [2.45, 2.75) is 26.6 Å². The smallest absolute Gasteiger partial charge is 0.323 e. The summed E-state index contributed by atoms with van der Waals surface area (Å²) < 4.78 is 10.8. The Morgan fingerprint density at radius 2 is 2.00 bits per heavy atom. The number of ether oxygens (including phenoxy) is 2. The lowest BCUT2D eigenvalue weighted by Crippen LogP contribution is -2.48. The topological polar surface area (TPSA) is 71.9 Å². The Labute approximate surface area is 82.6 Å². The SMILES string of the molecule is CC1(C(C)(C)C(=O)C=[N+]=[N-])OCCO1. The first-order valence-corrected chi connectivity index (χ1v) is 4.44. The monoisotopic (exact) mass is 198 g/mol. The van der Waals surface area contributed by atoms with E-state index in [1.54, 1.807) is 20.8 Å². The van der Waals surface area contributed by atoms with E-state index in [2.05, 4.69) is 4.79 Å². The van der Waals surface area contributed by atoms with E-state index in [9.17, 15) is 4.79 Å². The molecule has 1 saturated heterocycles. The Kier molecular flexibility index (Phi) is 2.85. The molecule has 0 aromatic rings. The molecule has 0 unspecified atom stereocenters. The molecule has 0 N–H and O–H groups in total. The molecule has 1 fully saturated rings. The van der Waals surface area contributed by atoms with E-state index >= 15 is 0 Å². The van der Waals surface area contributed by atoms with Crippen LogP contribution in [-0.2, 0) is 14.3 Å². The molecular weight excluding hydrogens is 184 g/mol. The molecule has 14 heavy (non-hydrogen) atoms. The summed E-state index contributed by atoms with van der Waals surface area (Å²) in [6, 6.07) is 0. The van der Waals surface area contributed by atoms with E-state index in [0.717, 1.165) is 6.21 Å². The van der Waals surface area contributed by atoms with Crippen molar-refractivity contribution in [3.05, 3.63) is 5.53 Å². The Hall–Kier alpha value is -1.03. The van der Waals surface area contributed by atoms with Gasteiger partial charge in [-0.05, 0) is 20.8 Å². The van der Waals surface area contributed by atoms with Gasteiger partial charge in [-0.2, -0.15) is 4.79 Å². The normalized spacial score (nSPS) is 20.2. The van der Waals surface area contributed by atoms with E-state index in [1.807, 2.05) is 0 Å². The molecular formula is C9H14N2O3. The summed E-state index contributed by atoms with van der Waals surface area (Å²) in [5, 5.41) is 0. The minimum absolute atomic E-state index is 0.329. The molecule has 0 spiro atoms. The molecule has 0 amide bonds. The fourth-order valence-electron chi connectivity index (χ4n) is 1.31.